The van der Waals surface area contributed by atoms with Gasteiger partial charge in [-0.25, -0.2) is 4.98 Å². The minimum Gasteiger partial charge on any atom is -0.338 e. The number of hydrogen-bond acceptors (Lipinski definition) is 3. The minimum absolute atomic E-state index is 0.195. The van der Waals surface area contributed by atoms with Crippen LogP contribution in [0.25, 0.3) is 11.0 Å². The molecule has 22 heavy (non-hydrogen) atoms. The van der Waals surface area contributed by atoms with Gasteiger partial charge in [-0.05, 0) is 31.9 Å². The van der Waals surface area contributed by atoms with Gasteiger partial charge in [-0.1, -0.05) is 12.1 Å². The normalized spacial score (nSPS) is 21.2. The summed E-state index contributed by atoms with van der Waals surface area (Å²) in [5, 5.41) is 0. The van der Waals surface area contributed by atoms with Gasteiger partial charge in [0.2, 0.25) is 5.91 Å². The summed E-state index contributed by atoms with van der Waals surface area (Å²) in [6.45, 7) is 5.73. The first-order valence-electron chi connectivity index (χ1n) is 8.18. The summed E-state index contributed by atoms with van der Waals surface area (Å²) in [6, 6.07) is 8.58. The molecule has 0 radical (unpaired) electrons. The second-order valence-electron chi connectivity index (χ2n) is 6.41. The van der Waals surface area contributed by atoms with E-state index < -0.39 is 0 Å². The quantitative estimate of drug-likeness (QED) is 0.869. The molecule has 116 valence electrons. The topological polar surface area (TPSA) is 41.4 Å². The van der Waals surface area contributed by atoms with Crippen molar-refractivity contribution < 1.29 is 4.79 Å². The van der Waals surface area contributed by atoms with Gasteiger partial charge in [-0.15, -0.1) is 0 Å². The maximum Gasteiger partial charge on any atom is 0.245 e. The number of rotatable bonds is 3. The zero-order chi connectivity index (χ0) is 15.1. The molecule has 1 saturated carbocycles. The molecule has 1 amide bonds. The average Bonchev–Trinajstić information content (AvgIpc) is 3.33. The van der Waals surface area contributed by atoms with Gasteiger partial charge in [-0.2, -0.15) is 0 Å². The van der Waals surface area contributed by atoms with Crippen LogP contribution in [0.3, 0.4) is 0 Å². The van der Waals surface area contributed by atoms with Gasteiger partial charge in [0.05, 0.1) is 17.4 Å². The first-order chi connectivity index (χ1) is 10.7. The van der Waals surface area contributed by atoms with E-state index in [0.29, 0.717) is 0 Å². The molecular formula is C17H22N4O. The average molecular weight is 298 g/mol. The first kappa shape index (κ1) is 13.8. The van der Waals surface area contributed by atoms with Crippen molar-refractivity contribution in [2.75, 3.05) is 26.2 Å². The highest BCUT2D eigenvalue weighted by atomic mass is 16.2. The Morgan fingerprint density at radius 1 is 1.18 bits per heavy atom. The van der Waals surface area contributed by atoms with Crippen molar-refractivity contribution in [1.82, 2.24) is 19.4 Å². The third-order valence-corrected chi connectivity index (χ3v) is 4.94. The number of piperazine rings is 1. The fourth-order valence-electron chi connectivity index (χ4n) is 3.42. The molecule has 1 aromatic carbocycles. The Bertz CT molecular complexity index is 683. The van der Waals surface area contributed by atoms with E-state index in [1.807, 2.05) is 40.7 Å². The predicted molar refractivity (Wildman–Crippen MR) is 85.6 cm³/mol. The molecule has 1 aliphatic heterocycles. The Morgan fingerprint density at radius 3 is 2.64 bits per heavy atom. The van der Waals surface area contributed by atoms with Crippen LogP contribution in [0.15, 0.2) is 30.6 Å². The molecule has 5 heteroatoms. The predicted octanol–water partition coefficient (Wildman–Crippen LogP) is 1.90. The van der Waals surface area contributed by atoms with E-state index in [0.717, 1.165) is 43.3 Å². The van der Waals surface area contributed by atoms with Gasteiger partial charge in [0.15, 0.2) is 0 Å². The van der Waals surface area contributed by atoms with Gasteiger partial charge in [0.25, 0.3) is 0 Å². The van der Waals surface area contributed by atoms with Crippen LogP contribution in [0.4, 0.5) is 0 Å². The van der Waals surface area contributed by atoms with Crippen molar-refractivity contribution in [2.24, 2.45) is 0 Å². The van der Waals surface area contributed by atoms with Crippen molar-refractivity contribution in [3.05, 3.63) is 30.6 Å². The van der Waals surface area contributed by atoms with E-state index in [2.05, 4.69) is 9.88 Å². The van der Waals surface area contributed by atoms with Crippen LogP contribution in [0.5, 0.6) is 0 Å². The molecular weight excluding hydrogens is 276 g/mol. The van der Waals surface area contributed by atoms with E-state index in [4.69, 9.17) is 0 Å². The summed E-state index contributed by atoms with van der Waals surface area (Å²) in [6.07, 6.45) is 4.46. The van der Waals surface area contributed by atoms with Gasteiger partial charge in [-0.3, -0.25) is 9.69 Å². The molecule has 0 N–H and O–H groups in total. The number of amides is 1. The van der Waals surface area contributed by atoms with Crippen LogP contribution in [0.1, 0.15) is 25.8 Å². The lowest BCUT2D eigenvalue weighted by Crippen LogP contribution is -2.50. The third-order valence-electron chi connectivity index (χ3n) is 4.94. The van der Waals surface area contributed by atoms with E-state index in [-0.39, 0.29) is 11.9 Å². The molecule has 5 nitrogen and oxygen atoms in total. The molecule has 1 aromatic heterocycles. The van der Waals surface area contributed by atoms with Crippen LogP contribution in [-0.2, 0) is 4.79 Å². The Hall–Kier alpha value is -1.88. The second-order valence-corrected chi connectivity index (χ2v) is 6.41. The number of carbonyl (C=O) groups is 1. The van der Waals surface area contributed by atoms with Crippen LogP contribution >= 0.6 is 0 Å². The number of carbonyl (C=O) groups excluding carboxylic acids is 1. The molecule has 2 fully saturated rings. The highest BCUT2D eigenvalue weighted by molar-refractivity contribution is 5.83. The molecule has 0 spiro atoms. The molecule has 2 aromatic rings. The van der Waals surface area contributed by atoms with Gasteiger partial charge < -0.3 is 9.47 Å². The maximum absolute atomic E-state index is 12.8. The second kappa shape index (κ2) is 5.39. The lowest BCUT2D eigenvalue weighted by molar-refractivity contribution is -0.136. The number of aromatic nitrogens is 2. The number of para-hydroxylation sites is 2. The Balaban J connectivity index is 1.48. The lowest BCUT2D eigenvalue weighted by Gasteiger charge is -2.36. The number of imidazole rings is 1. The molecule has 1 saturated heterocycles. The van der Waals surface area contributed by atoms with E-state index >= 15 is 0 Å². The van der Waals surface area contributed by atoms with Crippen molar-refractivity contribution in [2.45, 2.75) is 31.8 Å². The molecule has 0 bridgehead atoms. The molecule has 2 heterocycles. The van der Waals surface area contributed by atoms with Crippen molar-refractivity contribution in [3.8, 4) is 0 Å². The summed E-state index contributed by atoms with van der Waals surface area (Å²) >= 11 is 0. The van der Waals surface area contributed by atoms with Crippen LogP contribution in [0.2, 0.25) is 0 Å². The first-order valence-corrected chi connectivity index (χ1v) is 8.18. The van der Waals surface area contributed by atoms with Crippen LogP contribution in [0, 0.1) is 0 Å². The Kier molecular flexibility index (Phi) is 3.37. The largest absolute Gasteiger partial charge is 0.338 e. The summed E-state index contributed by atoms with van der Waals surface area (Å²) in [5.41, 5.74) is 1.97. The maximum atomic E-state index is 12.8. The van der Waals surface area contributed by atoms with Crippen molar-refractivity contribution in [3.63, 3.8) is 0 Å². The van der Waals surface area contributed by atoms with Gasteiger partial charge in [0.1, 0.15) is 6.04 Å². The fraction of sp³-hybridized carbons (Fsp3) is 0.529. The molecule has 2 aliphatic rings. The SMILES string of the molecule is C[C@@H](C(=O)N1CCN(C2CC2)CC1)n1cnc2ccccc21. The zero-order valence-electron chi connectivity index (χ0n) is 13.0. The highest BCUT2D eigenvalue weighted by Gasteiger charge is 2.33. The Labute approximate surface area is 130 Å². The van der Waals surface area contributed by atoms with E-state index in [1.54, 1.807) is 6.33 Å². The smallest absolute Gasteiger partial charge is 0.245 e. The summed E-state index contributed by atoms with van der Waals surface area (Å²) in [7, 11) is 0. The standard InChI is InChI=1S/C17H22N4O/c1-13(21-12-18-15-4-2-3-5-16(15)21)17(22)20-10-8-19(9-11-20)14-6-7-14/h2-5,12-14H,6-11H2,1H3/t13-/m0/s1. The van der Waals surface area contributed by atoms with Crippen molar-refractivity contribution >= 4 is 16.9 Å². The minimum atomic E-state index is -0.195. The number of fused-ring (bicyclic) bond motifs is 1. The lowest BCUT2D eigenvalue weighted by atomic mass is 10.2. The third kappa shape index (κ3) is 2.39. The van der Waals surface area contributed by atoms with Crippen LogP contribution in [-0.4, -0.2) is 57.5 Å². The van der Waals surface area contributed by atoms with E-state index in [1.165, 1.54) is 12.8 Å². The fourth-order valence-corrected chi connectivity index (χ4v) is 3.42. The molecule has 4 rings (SSSR count). The summed E-state index contributed by atoms with van der Waals surface area (Å²) in [4.78, 5) is 21.7. The monoisotopic (exact) mass is 298 g/mol. The van der Waals surface area contributed by atoms with Crippen molar-refractivity contribution in [1.29, 1.82) is 0 Å². The van der Waals surface area contributed by atoms with Gasteiger partial charge >= 0.3 is 0 Å². The highest BCUT2D eigenvalue weighted by Crippen LogP contribution is 2.28. The van der Waals surface area contributed by atoms with Gasteiger partial charge in [0, 0.05) is 32.2 Å². The Morgan fingerprint density at radius 2 is 1.91 bits per heavy atom. The number of benzene rings is 1. The molecule has 1 aliphatic carbocycles. The number of hydrogen-bond donors (Lipinski definition) is 0. The van der Waals surface area contributed by atoms with Crippen LogP contribution < -0.4 is 0 Å². The summed E-state index contributed by atoms with van der Waals surface area (Å²) < 4.78 is 1.99. The number of nitrogens with zero attached hydrogens (tertiary/aromatic N) is 4. The summed E-state index contributed by atoms with van der Waals surface area (Å²) in [5.74, 6) is 0.207. The zero-order valence-corrected chi connectivity index (χ0v) is 13.0. The molecule has 0 unspecified atom stereocenters. The van der Waals surface area contributed by atoms with E-state index in [9.17, 15) is 4.79 Å². The molecule has 1 atom stereocenters.